The monoisotopic (exact) mass is 278 g/mol. The van der Waals surface area contributed by atoms with Gasteiger partial charge in [-0.05, 0) is 31.2 Å². The van der Waals surface area contributed by atoms with Gasteiger partial charge in [-0.3, -0.25) is 4.98 Å². The molecule has 0 fully saturated rings. The summed E-state index contributed by atoms with van der Waals surface area (Å²) in [6.45, 7) is 1.72. The summed E-state index contributed by atoms with van der Waals surface area (Å²) in [4.78, 5) is 4.37. The third-order valence-electron chi connectivity index (χ3n) is 3.22. The van der Waals surface area contributed by atoms with Crippen molar-refractivity contribution in [3.05, 3.63) is 66.4 Å². The van der Waals surface area contributed by atoms with Crippen molar-refractivity contribution in [1.82, 2.24) is 4.98 Å². The molecule has 1 aromatic heterocycles. The molecule has 0 unspecified atom stereocenters. The molecule has 104 valence electrons. The zero-order valence-corrected chi connectivity index (χ0v) is 11.5. The Morgan fingerprint density at radius 1 is 1.10 bits per heavy atom. The number of rotatable bonds is 3. The molecule has 0 aliphatic heterocycles. The van der Waals surface area contributed by atoms with Crippen LogP contribution in [0, 0.1) is 0 Å². The van der Waals surface area contributed by atoms with Crippen LogP contribution in [0.3, 0.4) is 0 Å². The molecule has 4 heteroatoms. The molecule has 0 spiro atoms. The van der Waals surface area contributed by atoms with E-state index in [-0.39, 0.29) is 0 Å². The Morgan fingerprint density at radius 3 is 2.71 bits per heavy atom. The molecule has 3 rings (SSSR count). The van der Waals surface area contributed by atoms with Crippen LogP contribution in [-0.4, -0.2) is 15.9 Å². The highest BCUT2D eigenvalue weighted by molar-refractivity contribution is 6.00. The fourth-order valence-electron chi connectivity index (χ4n) is 2.14. The van der Waals surface area contributed by atoms with Gasteiger partial charge in [0.1, 0.15) is 11.5 Å². The van der Waals surface area contributed by atoms with Gasteiger partial charge in [0.15, 0.2) is 0 Å². The second-order valence-electron chi connectivity index (χ2n) is 4.65. The molecule has 0 aliphatic carbocycles. The molecule has 1 heterocycles. The fourth-order valence-corrected chi connectivity index (χ4v) is 2.14. The van der Waals surface area contributed by atoms with Gasteiger partial charge in [-0.1, -0.05) is 35.5 Å². The van der Waals surface area contributed by atoms with E-state index in [0.717, 1.165) is 16.5 Å². The maximum atomic E-state index is 8.94. The van der Waals surface area contributed by atoms with Crippen molar-refractivity contribution in [3.8, 4) is 11.5 Å². The highest BCUT2D eigenvalue weighted by Crippen LogP contribution is 2.27. The molecule has 0 amide bonds. The predicted octanol–water partition coefficient (Wildman–Crippen LogP) is 4.23. The molecule has 2 aromatic carbocycles. The van der Waals surface area contributed by atoms with E-state index in [0.29, 0.717) is 17.2 Å². The Bertz CT molecular complexity index is 813. The largest absolute Gasteiger partial charge is 0.455 e. The zero-order valence-electron chi connectivity index (χ0n) is 11.5. The van der Waals surface area contributed by atoms with Gasteiger partial charge < -0.3 is 9.94 Å². The number of para-hydroxylation sites is 2. The van der Waals surface area contributed by atoms with Crippen molar-refractivity contribution in [3.63, 3.8) is 0 Å². The van der Waals surface area contributed by atoms with Crippen LogP contribution in [0.25, 0.3) is 10.9 Å². The van der Waals surface area contributed by atoms with Crippen molar-refractivity contribution in [1.29, 1.82) is 0 Å². The number of hydrogen-bond acceptors (Lipinski definition) is 4. The van der Waals surface area contributed by atoms with E-state index in [1.165, 1.54) is 0 Å². The van der Waals surface area contributed by atoms with E-state index in [4.69, 9.17) is 9.94 Å². The average Bonchev–Trinajstić information content (AvgIpc) is 2.54. The van der Waals surface area contributed by atoms with Crippen molar-refractivity contribution in [2.24, 2.45) is 5.16 Å². The van der Waals surface area contributed by atoms with Gasteiger partial charge in [-0.15, -0.1) is 0 Å². The van der Waals surface area contributed by atoms with Crippen LogP contribution in [0.1, 0.15) is 12.5 Å². The van der Waals surface area contributed by atoms with Crippen LogP contribution < -0.4 is 4.74 Å². The van der Waals surface area contributed by atoms with Gasteiger partial charge >= 0.3 is 0 Å². The van der Waals surface area contributed by atoms with E-state index < -0.39 is 0 Å². The first kappa shape index (κ1) is 13.1. The molecule has 3 aromatic rings. The van der Waals surface area contributed by atoms with Gasteiger partial charge in [-0.25, -0.2) is 0 Å². The van der Waals surface area contributed by atoms with E-state index in [1.807, 2.05) is 54.6 Å². The lowest BCUT2D eigenvalue weighted by Crippen LogP contribution is -1.98. The summed E-state index contributed by atoms with van der Waals surface area (Å²) in [6.07, 6.45) is 1.69. The van der Waals surface area contributed by atoms with E-state index >= 15 is 0 Å². The fraction of sp³-hybridized carbons (Fsp3) is 0.0588. The summed E-state index contributed by atoms with van der Waals surface area (Å²) < 4.78 is 5.89. The number of nitrogens with zero attached hydrogens (tertiary/aromatic N) is 2. The molecule has 21 heavy (non-hydrogen) atoms. The number of pyridine rings is 1. The standard InChI is InChI=1S/C17H14N2O2/c1-12(19-20)15-7-3-5-9-17(15)21-14-10-13-6-2-4-8-16(13)18-11-14/h2-11,20H,1H3. The molecule has 1 N–H and O–H groups in total. The van der Waals surface area contributed by atoms with Gasteiger partial charge in [-0.2, -0.15) is 0 Å². The summed E-state index contributed by atoms with van der Waals surface area (Å²) in [5.74, 6) is 1.27. The summed E-state index contributed by atoms with van der Waals surface area (Å²) in [5.41, 5.74) is 2.17. The van der Waals surface area contributed by atoms with Gasteiger partial charge in [0.05, 0.1) is 17.4 Å². The second-order valence-corrected chi connectivity index (χ2v) is 4.65. The van der Waals surface area contributed by atoms with Crippen LogP contribution in [0.15, 0.2) is 65.9 Å². The minimum atomic E-state index is 0.499. The van der Waals surface area contributed by atoms with Crippen molar-refractivity contribution in [2.45, 2.75) is 6.92 Å². The lowest BCUT2D eigenvalue weighted by Gasteiger charge is -2.10. The number of ether oxygens (including phenoxy) is 1. The van der Waals surface area contributed by atoms with E-state index in [1.54, 1.807) is 13.1 Å². The van der Waals surface area contributed by atoms with Crippen molar-refractivity contribution in [2.75, 3.05) is 0 Å². The normalized spacial score (nSPS) is 11.6. The van der Waals surface area contributed by atoms with Crippen LogP contribution in [-0.2, 0) is 0 Å². The minimum absolute atomic E-state index is 0.499. The SMILES string of the molecule is CC(=NO)c1ccccc1Oc1cnc2ccccc2c1. The molecule has 0 radical (unpaired) electrons. The first-order valence-corrected chi connectivity index (χ1v) is 6.58. The summed E-state index contributed by atoms with van der Waals surface area (Å²) in [5, 5.41) is 13.2. The Hall–Kier alpha value is -2.88. The van der Waals surface area contributed by atoms with E-state index in [2.05, 4.69) is 10.1 Å². The summed E-state index contributed by atoms with van der Waals surface area (Å²) in [6, 6.07) is 17.2. The van der Waals surface area contributed by atoms with Crippen molar-refractivity contribution < 1.29 is 9.94 Å². The lowest BCUT2D eigenvalue weighted by molar-refractivity contribution is 0.319. The summed E-state index contributed by atoms with van der Waals surface area (Å²) in [7, 11) is 0. The van der Waals surface area contributed by atoms with Gasteiger partial charge in [0.25, 0.3) is 0 Å². The Balaban J connectivity index is 1.99. The topological polar surface area (TPSA) is 54.7 Å². The van der Waals surface area contributed by atoms with Gasteiger partial charge in [0.2, 0.25) is 0 Å². The van der Waals surface area contributed by atoms with Crippen LogP contribution in [0.4, 0.5) is 0 Å². The minimum Gasteiger partial charge on any atom is -0.455 e. The molecule has 0 aliphatic rings. The Morgan fingerprint density at radius 2 is 1.86 bits per heavy atom. The molecule has 4 nitrogen and oxygen atoms in total. The smallest absolute Gasteiger partial charge is 0.146 e. The lowest BCUT2D eigenvalue weighted by atomic mass is 10.1. The average molecular weight is 278 g/mol. The van der Waals surface area contributed by atoms with Crippen molar-refractivity contribution >= 4 is 16.6 Å². The third-order valence-corrected chi connectivity index (χ3v) is 3.22. The second kappa shape index (κ2) is 5.63. The quantitative estimate of drug-likeness (QED) is 0.443. The maximum Gasteiger partial charge on any atom is 0.146 e. The highest BCUT2D eigenvalue weighted by atomic mass is 16.5. The van der Waals surface area contributed by atoms with Crippen LogP contribution in [0.2, 0.25) is 0 Å². The van der Waals surface area contributed by atoms with Crippen LogP contribution in [0.5, 0.6) is 11.5 Å². The number of hydrogen-bond donors (Lipinski definition) is 1. The number of aromatic nitrogens is 1. The van der Waals surface area contributed by atoms with Crippen LogP contribution >= 0.6 is 0 Å². The first-order valence-electron chi connectivity index (χ1n) is 6.58. The number of fused-ring (bicyclic) bond motifs is 1. The third kappa shape index (κ3) is 2.69. The molecule has 0 saturated carbocycles. The number of oxime groups is 1. The highest BCUT2D eigenvalue weighted by Gasteiger charge is 2.08. The molecular formula is C17H14N2O2. The van der Waals surface area contributed by atoms with Gasteiger partial charge in [0, 0.05) is 10.9 Å². The predicted molar refractivity (Wildman–Crippen MR) is 82.3 cm³/mol. The van der Waals surface area contributed by atoms with E-state index in [9.17, 15) is 0 Å². The first-order chi connectivity index (χ1) is 10.3. The summed E-state index contributed by atoms with van der Waals surface area (Å²) >= 11 is 0. The number of benzene rings is 2. The molecule has 0 bridgehead atoms. The molecule has 0 atom stereocenters. The Labute approximate surface area is 122 Å². The Kier molecular flexibility index (Phi) is 3.51. The zero-order chi connectivity index (χ0) is 14.7. The maximum absolute atomic E-state index is 8.94. The molecular weight excluding hydrogens is 264 g/mol. The molecule has 0 saturated heterocycles.